The van der Waals surface area contributed by atoms with E-state index in [0.29, 0.717) is 31.6 Å². The average Bonchev–Trinajstić information content (AvgIpc) is 2.69. The smallest absolute Gasteiger partial charge is 0.246 e. The summed E-state index contributed by atoms with van der Waals surface area (Å²) in [7, 11) is -2.23. The van der Waals surface area contributed by atoms with Gasteiger partial charge in [-0.1, -0.05) is 25.7 Å². The zero-order valence-electron chi connectivity index (χ0n) is 16.3. The quantitative estimate of drug-likeness (QED) is 0.746. The summed E-state index contributed by atoms with van der Waals surface area (Å²) >= 11 is 0. The van der Waals surface area contributed by atoms with Gasteiger partial charge in [0.05, 0.1) is 12.6 Å². The van der Waals surface area contributed by atoms with Crippen LogP contribution < -0.4 is 15.8 Å². The van der Waals surface area contributed by atoms with Crippen molar-refractivity contribution in [3.05, 3.63) is 18.2 Å². The van der Waals surface area contributed by atoms with Crippen LogP contribution in [-0.4, -0.2) is 44.4 Å². The summed E-state index contributed by atoms with van der Waals surface area (Å²) in [4.78, 5) is 12.8. The third-order valence-corrected chi connectivity index (χ3v) is 7.47. The molecule has 0 aromatic heterocycles. The molecular formula is C19H30ClN3O4S. The normalized spacial score (nSPS) is 20.1. The summed E-state index contributed by atoms with van der Waals surface area (Å²) in [5.41, 5.74) is 5.82. The van der Waals surface area contributed by atoms with E-state index in [-0.39, 0.29) is 29.0 Å². The highest BCUT2D eigenvalue weighted by Crippen LogP contribution is 2.32. The van der Waals surface area contributed by atoms with Crippen molar-refractivity contribution < 1.29 is 17.9 Å². The number of anilines is 1. The molecule has 158 valence electrons. The number of ether oxygens (including phenoxy) is 1. The number of nitrogens with zero attached hydrogens (tertiary/aromatic N) is 1. The van der Waals surface area contributed by atoms with E-state index in [9.17, 15) is 13.2 Å². The second-order valence-electron chi connectivity index (χ2n) is 7.50. The van der Waals surface area contributed by atoms with Crippen LogP contribution in [0.15, 0.2) is 23.1 Å². The Hall–Kier alpha value is -1.35. The number of benzene rings is 1. The third-order valence-electron chi connectivity index (χ3n) is 5.55. The van der Waals surface area contributed by atoms with E-state index in [1.54, 1.807) is 12.1 Å². The van der Waals surface area contributed by atoms with Crippen molar-refractivity contribution in [3.8, 4) is 5.75 Å². The lowest BCUT2D eigenvalue weighted by molar-refractivity contribution is -0.122. The van der Waals surface area contributed by atoms with E-state index < -0.39 is 15.6 Å². The van der Waals surface area contributed by atoms with Crippen molar-refractivity contribution in [2.45, 2.75) is 61.8 Å². The number of nitrogens with two attached hydrogens (primary N) is 1. The summed E-state index contributed by atoms with van der Waals surface area (Å²) < 4.78 is 32.9. The van der Waals surface area contributed by atoms with Crippen LogP contribution in [0, 0.1) is 0 Å². The largest absolute Gasteiger partial charge is 0.495 e. The Bertz CT molecular complexity index is 788. The molecule has 0 spiro atoms. The molecule has 3 N–H and O–H groups in total. The van der Waals surface area contributed by atoms with Crippen LogP contribution in [0.1, 0.15) is 51.4 Å². The fraction of sp³-hybridized carbons (Fsp3) is 0.632. The molecule has 2 aliphatic rings. The monoisotopic (exact) mass is 431 g/mol. The molecule has 2 fully saturated rings. The molecule has 1 aliphatic heterocycles. The molecular weight excluding hydrogens is 402 g/mol. The number of halogens is 1. The zero-order valence-corrected chi connectivity index (χ0v) is 17.9. The van der Waals surface area contributed by atoms with Crippen molar-refractivity contribution >= 4 is 34.0 Å². The fourth-order valence-corrected chi connectivity index (χ4v) is 5.56. The first-order chi connectivity index (χ1) is 12.9. The van der Waals surface area contributed by atoms with Gasteiger partial charge in [-0.15, -0.1) is 12.4 Å². The van der Waals surface area contributed by atoms with Crippen molar-refractivity contribution in [2.24, 2.45) is 5.73 Å². The SMILES string of the molecule is COc1ccc(NC(=O)C2(N)CCCCC2)cc1S(=O)(=O)N1CCCCC1.Cl. The molecule has 0 atom stereocenters. The Labute approximate surface area is 173 Å². The Morgan fingerprint density at radius 2 is 1.71 bits per heavy atom. The van der Waals surface area contributed by atoms with Gasteiger partial charge >= 0.3 is 0 Å². The van der Waals surface area contributed by atoms with Crippen LogP contribution in [0.4, 0.5) is 5.69 Å². The molecule has 1 saturated carbocycles. The maximum absolute atomic E-state index is 13.1. The highest BCUT2D eigenvalue weighted by atomic mass is 35.5. The van der Waals surface area contributed by atoms with Crippen LogP contribution in [0.25, 0.3) is 0 Å². The Balaban J connectivity index is 0.00000280. The lowest BCUT2D eigenvalue weighted by atomic mass is 9.82. The minimum Gasteiger partial charge on any atom is -0.495 e. The predicted molar refractivity (Wildman–Crippen MR) is 111 cm³/mol. The van der Waals surface area contributed by atoms with Crippen LogP contribution in [0.5, 0.6) is 5.75 Å². The van der Waals surface area contributed by atoms with Gasteiger partial charge in [-0.2, -0.15) is 4.31 Å². The number of carbonyl (C=O) groups is 1. The second-order valence-corrected chi connectivity index (χ2v) is 9.41. The molecule has 0 radical (unpaired) electrons. The zero-order chi connectivity index (χ0) is 19.5. The highest BCUT2D eigenvalue weighted by molar-refractivity contribution is 7.89. The minimum absolute atomic E-state index is 0. The van der Waals surface area contributed by atoms with Gasteiger partial charge in [-0.05, 0) is 43.9 Å². The summed E-state index contributed by atoms with van der Waals surface area (Å²) in [6, 6.07) is 4.71. The van der Waals surface area contributed by atoms with E-state index in [0.717, 1.165) is 38.5 Å². The van der Waals surface area contributed by atoms with Gasteiger partial charge < -0.3 is 15.8 Å². The van der Waals surface area contributed by atoms with Gasteiger partial charge in [-0.25, -0.2) is 8.42 Å². The van der Waals surface area contributed by atoms with E-state index in [1.165, 1.54) is 17.5 Å². The number of piperidine rings is 1. The summed E-state index contributed by atoms with van der Waals surface area (Å²) in [6.07, 6.45) is 7.00. The summed E-state index contributed by atoms with van der Waals surface area (Å²) in [5.74, 6) is 0.0207. The standard InChI is InChI=1S/C19H29N3O4S.ClH/c1-26-16-9-8-15(21-18(23)19(20)10-4-2-5-11-19)14-17(16)27(24,25)22-12-6-3-7-13-22;/h8-9,14H,2-7,10-13,20H2,1H3,(H,21,23);1H. The molecule has 28 heavy (non-hydrogen) atoms. The van der Waals surface area contributed by atoms with Crippen molar-refractivity contribution in [1.29, 1.82) is 0 Å². The third kappa shape index (κ3) is 4.79. The number of methoxy groups -OCH3 is 1. The van der Waals surface area contributed by atoms with E-state index in [4.69, 9.17) is 10.5 Å². The van der Waals surface area contributed by atoms with Gasteiger partial charge in [-0.3, -0.25) is 4.79 Å². The molecule has 7 nitrogen and oxygen atoms in total. The Kier molecular flexibility index (Phi) is 7.73. The molecule has 1 aliphatic carbocycles. The van der Waals surface area contributed by atoms with Crippen LogP contribution in [-0.2, 0) is 14.8 Å². The highest BCUT2D eigenvalue weighted by Gasteiger charge is 2.36. The number of nitrogens with one attached hydrogen (secondary N) is 1. The van der Waals surface area contributed by atoms with E-state index in [1.807, 2.05) is 0 Å². The topological polar surface area (TPSA) is 102 Å². The van der Waals surface area contributed by atoms with Crippen molar-refractivity contribution in [3.63, 3.8) is 0 Å². The number of amides is 1. The van der Waals surface area contributed by atoms with Gasteiger partial charge in [0.25, 0.3) is 0 Å². The molecule has 1 aromatic carbocycles. The first-order valence-corrected chi connectivity index (χ1v) is 11.1. The molecule has 1 amide bonds. The number of hydrogen-bond acceptors (Lipinski definition) is 5. The maximum Gasteiger partial charge on any atom is 0.246 e. The summed E-state index contributed by atoms with van der Waals surface area (Å²) in [5, 5.41) is 2.82. The number of hydrogen-bond donors (Lipinski definition) is 2. The minimum atomic E-state index is -3.68. The molecule has 0 bridgehead atoms. The first kappa shape index (κ1) is 22.9. The molecule has 1 heterocycles. The lowest BCUT2D eigenvalue weighted by Crippen LogP contribution is -2.52. The molecule has 1 aromatic rings. The van der Waals surface area contributed by atoms with Gasteiger partial charge in [0.1, 0.15) is 10.6 Å². The van der Waals surface area contributed by atoms with Gasteiger partial charge in [0, 0.05) is 18.8 Å². The second kappa shape index (κ2) is 9.43. The Morgan fingerprint density at radius 1 is 1.11 bits per heavy atom. The number of rotatable bonds is 5. The predicted octanol–water partition coefficient (Wildman–Crippen LogP) is 2.89. The average molecular weight is 432 g/mol. The molecule has 0 unspecified atom stereocenters. The van der Waals surface area contributed by atoms with Gasteiger partial charge in [0.2, 0.25) is 15.9 Å². The van der Waals surface area contributed by atoms with Crippen molar-refractivity contribution in [1.82, 2.24) is 4.31 Å². The lowest BCUT2D eigenvalue weighted by Gasteiger charge is -2.32. The first-order valence-electron chi connectivity index (χ1n) is 9.65. The molecule has 1 saturated heterocycles. The Morgan fingerprint density at radius 3 is 2.32 bits per heavy atom. The van der Waals surface area contributed by atoms with Crippen molar-refractivity contribution in [2.75, 3.05) is 25.5 Å². The van der Waals surface area contributed by atoms with Crippen LogP contribution in [0.2, 0.25) is 0 Å². The molecule has 9 heteroatoms. The number of carbonyl (C=O) groups excluding carboxylic acids is 1. The van der Waals surface area contributed by atoms with Crippen LogP contribution >= 0.6 is 12.4 Å². The maximum atomic E-state index is 13.1. The molecule has 3 rings (SSSR count). The van der Waals surface area contributed by atoms with Gasteiger partial charge in [0.15, 0.2) is 0 Å². The van der Waals surface area contributed by atoms with E-state index in [2.05, 4.69) is 5.32 Å². The number of sulfonamides is 1. The summed E-state index contributed by atoms with van der Waals surface area (Å²) in [6.45, 7) is 1.02. The van der Waals surface area contributed by atoms with Crippen LogP contribution in [0.3, 0.4) is 0 Å². The van der Waals surface area contributed by atoms with E-state index >= 15 is 0 Å². The fourth-order valence-electron chi connectivity index (χ4n) is 3.87.